The molecule has 0 aromatic heterocycles. The molecular formula is C17H26FN3O3. The minimum atomic E-state index is -0.613. The second-order valence-electron chi connectivity index (χ2n) is 5.65. The summed E-state index contributed by atoms with van der Waals surface area (Å²) >= 11 is 0. The minimum absolute atomic E-state index is 0.106. The summed E-state index contributed by atoms with van der Waals surface area (Å²) in [7, 11) is 4.81. The first kappa shape index (κ1) is 19.9. The SMILES string of the molecule is CCC(NC(=O)N(CCOC)Cc1ccccc1F)C(=O)N(C)C. The Hall–Kier alpha value is -2.15. The average Bonchev–Trinajstić information content (AvgIpc) is 2.57. The summed E-state index contributed by atoms with van der Waals surface area (Å²) in [4.78, 5) is 27.5. The molecule has 0 heterocycles. The molecule has 0 saturated carbocycles. The number of amides is 3. The lowest BCUT2D eigenvalue weighted by Gasteiger charge is -2.27. The average molecular weight is 339 g/mol. The molecular weight excluding hydrogens is 313 g/mol. The van der Waals surface area contributed by atoms with E-state index < -0.39 is 12.1 Å². The summed E-state index contributed by atoms with van der Waals surface area (Å²) in [5.41, 5.74) is 0.413. The van der Waals surface area contributed by atoms with Gasteiger partial charge in [-0.25, -0.2) is 9.18 Å². The molecule has 7 heteroatoms. The molecule has 0 fully saturated rings. The largest absolute Gasteiger partial charge is 0.383 e. The van der Waals surface area contributed by atoms with Crippen molar-refractivity contribution in [2.24, 2.45) is 0 Å². The predicted molar refractivity (Wildman–Crippen MR) is 90.0 cm³/mol. The van der Waals surface area contributed by atoms with Crippen LogP contribution in [0.3, 0.4) is 0 Å². The van der Waals surface area contributed by atoms with Crippen LogP contribution < -0.4 is 5.32 Å². The number of nitrogens with one attached hydrogen (secondary N) is 1. The van der Waals surface area contributed by atoms with Crippen LogP contribution in [0.15, 0.2) is 24.3 Å². The van der Waals surface area contributed by atoms with Gasteiger partial charge in [-0.3, -0.25) is 4.79 Å². The Kier molecular flexibility index (Phi) is 8.18. The number of halogens is 1. The van der Waals surface area contributed by atoms with Crippen molar-refractivity contribution in [3.63, 3.8) is 0 Å². The standard InChI is InChI=1S/C17H26FN3O3/c1-5-15(16(22)20(2)3)19-17(23)21(10-11-24-4)12-13-8-6-7-9-14(13)18/h6-9,15H,5,10-12H2,1-4H3,(H,19,23). The third kappa shape index (κ3) is 5.81. The molecule has 0 spiro atoms. The number of rotatable bonds is 8. The second kappa shape index (κ2) is 9.87. The van der Waals surface area contributed by atoms with Crippen molar-refractivity contribution in [1.82, 2.24) is 15.1 Å². The summed E-state index contributed by atoms with van der Waals surface area (Å²) in [6.07, 6.45) is 0.473. The molecule has 0 bridgehead atoms. The Morgan fingerprint density at radius 3 is 2.50 bits per heavy atom. The van der Waals surface area contributed by atoms with E-state index in [9.17, 15) is 14.0 Å². The first-order valence-corrected chi connectivity index (χ1v) is 7.89. The van der Waals surface area contributed by atoms with E-state index in [2.05, 4.69) is 5.32 Å². The molecule has 24 heavy (non-hydrogen) atoms. The van der Waals surface area contributed by atoms with Crippen LogP contribution in [-0.2, 0) is 16.1 Å². The topological polar surface area (TPSA) is 61.9 Å². The lowest BCUT2D eigenvalue weighted by molar-refractivity contribution is -0.130. The zero-order valence-corrected chi connectivity index (χ0v) is 14.7. The zero-order valence-electron chi connectivity index (χ0n) is 14.7. The van der Waals surface area contributed by atoms with Gasteiger partial charge in [0.05, 0.1) is 13.2 Å². The summed E-state index contributed by atoms with van der Waals surface area (Å²) in [6.45, 7) is 2.54. The van der Waals surface area contributed by atoms with Crippen LogP contribution in [-0.4, -0.2) is 62.1 Å². The highest BCUT2D eigenvalue weighted by atomic mass is 19.1. The van der Waals surface area contributed by atoms with Gasteiger partial charge in [-0.1, -0.05) is 25.1 Å². The van der Waals surface area contributed by atoms with Crippen molar-refractivity contribution < 1.29 is 18.7 Å². The van der Waals surface area contributed by atoms with Crippen LogP contribution in [0.25, 0.3) is 0 Å². The Morgan fingerprint density at radius 2 is 1.96 bits per heavy atom. The third-order valence-electron chi connectivity index (χ3n) is 3.62. The molecule has 1 aromatic carbocycles. The highest BCUT2D eigenvalue weighted by Crippen LogP contribution is 2.10. The number of likely N-dealkylation sites (N-methyl/N-ethyl adjacent to an activating group) is 1. The number of carbonyl (C=O) groups excluding carboxylic acids is 2. The Bertz CT molecular complexity index is 552. The van der Waals surface area contributed by atoms with Gasteiger partial charge in [0.2, 0.25) is 5.91 Å². The van der Waals surface area contributed by atoms with Gasteiger partial charge in [0.1, 0.15) is 11.9 Å². The predicted octanol–water partition coefficient (Wildman–Crippen LogP) is 1.85. The van der Waals surface area contributed by atoms with Crippen molar-refractivity contribution in [3.8, 4) is 0 Å². The molecule has 0 saturated heterocycles. The fourth-order valence-electron chi connectivity index (χ4n) is 2.18. The number of methoxy groups -OCH3 is 1. The van der Waals surface area contributed by atoms with Crippen LogP contribution in [0.5, 0.6) is 0 Å². The van der Waals surface area contributed by atoms with E-state index in [4.69, 9.17) is 4.74 Å². The summed E-state index contributed by atoms with van der Waals surface area (Å²) in [6, 6.07) is 5.27. The molecule has 0 aliphatic carbocycles. The van der Waals surface area contributed by atoms with E-state index in [1.807, 2.05) is 6.92 Å². The van der Waals surface area contributed by atoms with Crippen molar-refractivity contribution in [2.45, 2.75) is 25.9 Å². The third-order valence-corrected chi connectivity index (χ3v) is 3.62. The fraction of sp³-hybridized carbons (Fsp3) is 0.529. The van der Waals surface area contributed by atoms with E-state index in [1.54, 1.807) is 32.3 Å². The molecule has 1 atom stereocenters. The van der Waals surface area contributed by atoms with Crippen molar-refractivity contribution in [1.29, 1.82) is 0 Å². The molecule has 1 N–H and O–H groups in total. The van der Waals surface area contributed by atoms with E-state index in [-0.39, 0.29) is 18.3 Å². The number of ether oxygens (including phenoxy) is 1. The van der Waals surface area contributed by atoms with Gasteiger partial charge >= 0.3 is 6.03 Å². The molecule has 1 aromatic rings. The van der Waals surface area contributed by atoms with Crippen LogP contribution >= 0.6 is 0 Å². The van der Waals surface area contributed by atoms with E-state index in [0.717, 1.165) is 0 Å². The Morgan fingerprint density at radius 1 is 1.29 bits per heavy atom. The van der Waals surface area contributed by atoms with Crippen molar-refractivity contribution in [3.05, 3.63) is 35.6 Å². The highest BCUT2D eigenvalue weighted by Gasteiger charge is 2.23. The van der Waals surface area contributed by atoms with Crippen LogP contribution in [0.2, 0.25) is 0 Å². The first-order chi connectivity index (χ1) is 11.4. The van der Waals surface area contributed by atoms with Gasteiger partial charge in [-0.15, -0.1) is 0 Å². The van der Waals surface area contributed by atoms with Gasteiger partial charge < -0.3 is 19.9 Å². The quantitative estimate of drug-likeness (QED) is 0.786. The second-order valence-corrected chi connectivity index (χ2v) is 5.65. The van der Waals surface area contributed by atoms with Gasteiger partial charge in [0.25, 0.3) is 0 Å². The Balaban J connectivity index is 2.84. The van der Waals surface area contributed by atoms with Gasteiger partial charge in [-0.05, 0) is 12.5 Å². The number of hydrogen-bond donors (Lipinski definition) is 1. The molecule has 0 aliphatic heterocycles. The smallest absolute Gasteiger partial charge is 0.318 e. The van der Waals surface area contributed by atoms with E-state index in [1.165, 1.54) is 23.0 Å². The number of hydrogen-bond acceptors (Lipinski definition) is 3. The summed E-state index contributed by atoms with van der Waals surface area (Å²) < 4.78 is 18.9. The molecule has 0 radical (unpaired) electrons. The fourth-order valence-corrected chi connectivity index (χ4v) is 2.18. The maximum atomic E-state index is 13.8. The van der Waals surface area contributed by atoms with Crippen molar-refractivity contribution >= 4 is 11.9 Å². The van der Waals surface area contributed by atoms with E-state index >= 15 is 0 Å². The van der Waals surface area contributed by atoms with Gasteiger partial charge in [0, 0.05) is 33.3 Å². The number of urea groups is 1. The van der Waals surface area contributed by atoms with Crippen LogP contribution in [0.4, 0.5) is 9.18 Å². The lowest BCUT2D eigenvalue weighted by atomic mass is 10.2. The molecule has 3 amide bonds. The van der Waals surface area contributed by atoms with Crippen LogP contribution in [0.1, 0.15) is 18.9 Å². The van der Waals surface area contributed by atoms with Crippen LogP contribution in [0, 0.1) is 5.82 Å². The minimum Gasteiger partial charge on any atom is -0.383 e. The number of nitrogens with zero attached hydrogens (tertiary/aromatic N) is 2. The highest BCUT2D eigenvalue weighted by molar-refractivity contribution is 5.86. The van der Waals surface area contributed by atoms with E-state index in [0.29, 0.717) is 25.1 Å². The van der Waals surface area contributed by atoms with Crippen molar-refractivity contribution in [2.75, 3.05) is 34.4 Å². The summed E-state index contributed by atoms with van der Waals surface area (Å²) in [5, 5.41) is 2.71. The molecule has 6 nitrogen and oxygen atoms in total. The molecule has 1 rings (SSSR count). The molecule has 1 unspecified atom stereocenters. The zero-order chi connectivity index (χ0) is 18.1. The number of benzene rings is 1. The van der Waals surface area contributed by atoms with Gasteiger partial charge in [-0.2, -0.15) is 0 Å². The first-order valence-electron chi connectivity index (χ1n) is 7.89. The Labute approximate surface area is 142 Å². The lowest BCUT2D eigenvalue weighted by Crippen LogP contribution is -2.51. The number of carbonyl (C=O) groups is 2. The monoisotopic (exact) mass is 339 g/mol. The van der Waals surface area contributed by atoms with Gasteiger partial charge in [0.15, 0.2) is 0 Å². The summed E-state index contributed by atoms with van der Waals surface area (Å²) in [5.74, 6) is -0.549. The molecule has 134 valence electrons. The molecule has 0 aliphatic rings. The maximum absolute atomic E-state index is 13.8. The maximum Gasteiger partial charge on any atom is 0.318 e. The normalized spacial score (nSPS) is 11.7.